The molecule has 2 unspecified atom stereocenters. The number of hydrogen-bond acceptors (Lipinski definition) is 3. The number of hydrogen-bond donors (Lipinski definition) is 2. The van der Waals surface area contributed by atoms with Crippen molar-refractivity contribution in [3.8, 4) is 0 Å². The molecule has 1 rings (SSSR count). The van der Waals surface area contributed by atoms with Gasteiger partial charge in [0.2, 0.25) is 0 Å². The van der Waals surface area contributed by atoms with Crippen molar-refractivity contribution in [1.29, 1.82) is 0 Å². The van der Waals surface area contributed by atoms with E-state index in [0.29, 0.717) is 25.4 Å². The van der Waals surface area contributed by atoms with Gasteiger partial charge in [0.15, 0.2) is 0 Å². The first-order valence-electron chi connectivity index (χ1n) is 5.58. The molecule has 0 aromatic heterocycles. The maximum atomic E-state index is 11.0. The minimum atomic E-state index is -1.07. The lowest BCUT2D eigenvalue weighted by atomic mass is 9.81. The normalized spacial score (nSPS) is 31.9. The predicted molar refractivity (Wildman–Crippen MR) is 57.6 cm³/mol. The number of carboxylic acids is 1. The molecule has 88 valence electrons. The van der Waals surface area contributed by atoms with Crippen LogP contribution in [0.4, 0.5) is 0 Å². The van der Waals surface area contributed by atoms with E-state index in [1.807, 2.05) is 0 Å². The highest BCUT2D eigenvalue weighted by Gasteiger charge is 2.39. The second-order valence-electron chi connectivity index (χ2n) is 4.91. The summed E-state index contributed by atoms with van der Waals surface area (Å²) in [6.45, 7) is 4.84. The van der Waals surface area contributed by atoms with Crippen LogP contribution in [0.2, 0.25) is 0 Å². The van der Waals surface area contributed by atoms with E-state index in [2.05, 4.69) is 13.8 Å². The van der Waals surface area contributed by atoms with Crippen molar-refractivity contribution < 1.29 is 14.6 Å². The van der Waals surface area contributed by atoms with Crippen molar-refractivity contribution in [2.24, 2.45) is 11.7 Å². The van der Waals surface area contributed by atoms with E-state index in [1.54, 1.807) is 0 Å². The van der Waals surface area contributed by atoms with Gasteiger partial charge in [-0.2, -0.15) is 0 Å². The Balaban J connectivity index is 2.45. The summed E-state index contributed by atoms with van der Waals surface area (Å²) in [6, 6.07) is 0. The van der Waals surface area contributed by atoms with Gasteiger partial charge in [-0.3, -0.25) is 4.79 Å². The van der Waals surface area contributed by atoms with Crippen molar-refractivity contribution >= 4 is 5.97 Å². The average molecular weight is 215 g/mol. The molecule has 2 atom stereocenters. The average Bonchev–Trinajstić information content (AvgIpc) is 2.15. The molecule has 0 aromatic rings. The zero-order valence-corrected chi connectivity index (χ0v) is 9.53. The molecule has 4 heteroatoms. The lowest BCUT2D eigenvalue weighted by Crippen LogP contribution is -2.52. The number of ether oxygens (including phenoxy) is 1. The summed E-state index contributed by atoms with van der Waals surface area (Å²) >= 11 is 0. The summed E-state index contributed by atoms with van der Waals surface area (Å²) in [5.74, 6) is -0.427. The van der Waals surface area contributed by atoms with Crippen LogP contribution in [0.15, 0.2) is 0 Å². The summed E-state index contributed by atoms with van der Waals surface area (Å²) in [5.41, 5.74) is 4.75. The predicted octanol–water partition coefficient (Wildman–Crippen LogP) is 1.38. The summed E-state index contributed by atoms with van der Waals surface area (Å²) in [4.78, 5) is 11.0. The third kappa shape index (κ3) is 3.47. The Morgan fingerprint density at radius 1 is 1.67 bits per heavy atom. The van der Waals surface area contributed by atoms with Gasteiger partial charge in [0, 0.05) is 13.0 Å². The first-order valence-corrected chi connectivity index (χ1v) is 5.58. The maximum absolute atomic E-state index is 11.0. The molecule has 0 spiro atoms. The fourth-order valence-corrected chi connectivity index (χ4v) is 1.92. The van der Waals surface area contributed by atoms with Gasteiger partial charge < -0.3 is 15.6 Å². The minimum Gasteiger partial charge on any atom is -0.480 e. The summed E-state index contributed by atoms with van der Waals surface area (Å²) < 4.78 is 5.65. The zero-order valence-electron chi connectivity index (χ0n) is 9.53. The second-order valence-corrected chi connectivity index (χ2v) is 4.91. The molecule has 0 amide bonds. The molecule has 1 aliphatic rings. The fraction of sp³-hybridized carbons (Fsp3) is 0.909. The van der Waals surface area contributed by atoms with E-state index < -0.39 is 11.5 Å². The van der Waals surface area contributed by atoms with Gasteiger partial charge in [-0.15, -0.1) is 0 Å². The third-order valence-electron chi connectivity index (χ3n) is 2.83. The summed E-state index contributed by atoms with van der Waals surface area (Å²) in [5, 5.41) is 9.01. The molecule has 0 saturated heterocycles. The Morgan fingerprint density at radius 3 is 2.87 bits per heavy atom. The van der Waals surface area contributed by atoms with Crippen LogP contribution in [-0.2, 0) is 9.53 Å². The van der Waals surface area contributed by atoms with Gasteiger partial charge in [-0.05, 0) is 25.2 Å². The lowest BCUT2D eigenvalue weighted by molar-refractivity contribution is -0.147. The number of carbonyl (C=O) groups is 1. The van der Waals surface area contributed by atoms with Crippen LogP contribution in [0.3, 0.4) is 0 Å². The van der Waals surface area contributed by atoms with Crippen molar-refractivity contribution in [3.05, 3.63) is 0 Å². The second kappa shape index (κ2) is 4.94. The monoisotopic (exact) mass is 215 g/mol. The van der Waals surface area contributed by atoms with Gasteiger partial charge in [0.05, 0.1) is 6.10 Å². The van der Waals surface area contributed by atoms with Crippen LogP contribution in [0, 0.1) is 5.92 Å². The maximum Gasteiger partial charge on any atom is 0.323 e. The van der Waals surface area contributed by atoms with Gasteiger partial charge in [0.1, 0.15) is 5.54 Å². The molecular formula is C11H21NO3. The van der Waals surface area contributed by atoms with Crippen molar-refractivity contribution in [3.63, 3.8) is 0 Å². The SMILES string of the molecule is CC(C)COC1CCCC(N)(C(=O)O)C1. The quantitative estimate of drug-likeness (QED) is 0.743. The largest absolute Gasteiger partial charge is 0.480 e. The van der Waals surface area contributed by atoms with E-state index in [9.17, 15) is 4.79 Å². The van der Waals surface area contributed by atoms with Crippen LogP contribution in [0.5, 0.6) is 0 Å². The highest BCUT2D eigenvalue weighted by Crippen LogP contribution is 2.28. The van der Waals surface area contributed by atoms with Crippen LogP contribution in [0.25, 0.3) is 0 Å². The number of nitrogens with two attached hydrogens (primary N) is 1. The first kappa shape index (κ1) is 12.5. The highest BCUT2D eigenvalue weighted by atomic mass is 16.5. The van der Waals surface area contributed by atoms with Gasteiger partial charge in [-0.25, -0.2) is 0 Å². The van der Waals surface area contributed by atoms with Crippen LogP contribution in [-0.4, -0.2) is 29.3 Å². The minimum absolute atomic E-state index is 0.0160. The van der Waals surface area contributed by atoms with Gasteiger partial charge in [0.25, 0.3) is 0 Å². The molecule has 15 heavy (non-hydrogen) atoms. The summed E-state index contributed by atoms with van der Waals surface area (Å²) in [6.07, 6.45) is 2.78. The topological polar surface area (TPSA) is 72.5 Å². The van der Waals surface area contributed by atoms with E-state index in [4.69, 9.17) is 15.6 Å². The van der Waals surface area contributed by atoms with Crippen LogP contribution >= 0.6 is 0 Å². The lowest BCUT2D eigenvalue weighted by Gasteiger charge is -2.34. The molecule has 0 aliphatic heterocycles. The molecule has 1 fully saturated rings. The Bertz CT molecular complexity index is 230. The fourth-order valence-electron chi connectivity index (χ4n) is 1.92. The molecule has 0 bridgehead atoms. The standard InChI is InChI=1S/C11H21NO3/c1-8(2)7-15-9-4-3-5-11(12,6-9)10(13)14/h8-9H,3-7,12H2,1-2H3,(H,13,14). The highest BCUT2D eigenvalue weighted by molar-refractivity contribution is 5.78. The Kier molecular flexibility index (Phi) is 4.11. The van der Waals surface area contributed by atoms with E-state index >= 15 is 0 Å². The van der Waals surface area contributed by atoms with E-state index in [1.165, 1.54) is 0 Å². The molecule has 0 heterocycles. The van der Waals surface area contributed by atoms with Crippen molar-refractivity contribution in [1.82, 2.24) is 0 Å². The van der Waals surface area contributed by atoms with E-state index in [0.717, 1.165) is 12.8 Å². The number of carboxylic acid groups (broad SMARTS) is 1. The van der Waals surface area contributed by atoms with Gasteiger partial charge in [-0.1, -0.05) is 13.8 Å². The van der Waals surface area contributed by atoms with E-state index in [-0.39, 0.29) is 6.10 Å². The molecule has 0 radical (unpaired) electrons. The van der Waals surface area contributed by atoms with Crippen LogP contribution in [0.1, 0.15) is 39.5 Å². The zero-order chi connectivity index (χ0) is 11.5. The van der Waals surface area contributed by atoms with Crippen LogP contribution < -0.4 is 5.73 Å². The first-order chi connectivity index (χ1) is 6.94. The smallest absolute Gasteiger partial charge is 0.323 e. The Labute approximate surface area is 90.8 Å². The molecule has 1 aliphatic carbocycles. The van der Waals surface area contributed by atoms with Crippen molar-refractivity contribution in [2.75, 3.05) is 6.61 Å². The number of aliphatic carboxylic acids is 1. The van der Waals surface area contributed by atoms with Gasteiger partial charge >= 0.3 is 5.97 Å². The molecule has 4 nitrogen and oxygen atoms in total. The molecular weight excluding hydrogens is 194 g/mol. The molecule has 3 N–H and O–H groups in total. The van der Waals surface area contributed by atoms with Crippen molar-refractivity contribution in [2.45, 2.75) is 51.2 Å². The summed E-state index contributed by atoms with van der Waals surface area (Å²) in [7, 11) is 0. The molecule has 0 aromatic carbocycles. The third-order valence-corrected chi connectivity index (χ3v) is 2.83. The Hall–Kier alpha value is -0.610. The number of rotatable bonds is 4. The Morgan fingerprint density at radius 2 is 2.33 bits per heavy atom. The molecule has 1 saturated carbocycles.